The van der Waals surface area contributed by atoms with Crippen molar-refractivity contribution >= 4 is 23.3 Å². The molecule has 0 unspecified atom stereocenters. The number of hydrogen-bond acceptors (Lipinski definition) is 5. The Morgan fingerprint density at radius 1 is 0.960 bits per heavy atom. The highest BCUT2D eigenvalue weighted by Crippen LogP contribution is 2.15. The second kappa shape index (κ2) is 6.96. The van der Waals surface area contributed by atoms with Gasteiger partial charge >= 0.3 is 0 Å². The third-order valence-corrected chi connectivity index (χ3v) is 3.53. The van der Waals surface area contributed by atoms with E-state index in [1.54, 1.807) is 13.0 Å². The third kappa shape index (κ3) is 3.89. The molecule has 0 saturated carbocycles. The van der Waals surface area contributed by atoms with Crippen molar-refractivity contribution in [1.29, 1.82) is 0 Å². The van der Waals surface area contributed by atoms with Crippen LogP contribution in [0.4, 0.5) is 11.5 Å². The number of pyridine rings is 1. The summed E-state index contributed by atoms with van der Waals surface area (Å²) in [5, 5.41) is 9.09. The Hall–Kier alpha value is -3.48. The summed E-state index contributed by atoms with van der Waals surface area (Å²) in [5.74, 6) is 0.122. The molecular weight excluding hydrogens is 320 g/mol. The Kier molecular flexibility index (Phi) is 4.56. The van der Waals surface area contributed by atoms with Crippen LogP contribution < -0.4 is 10.6 Å². The zero-order valence-electron chi connectivity index (χ0n) is 13.7. The molecule has 0 bridgehead atoms. The van der Waals surface area contributed by atoms with E-state index < -0.39 is 5.91 Å². The Morgan fingerprint density at radius 3 is 2.28 bits per heavy atom. The van der Waals surface area contributed by atoms with E-state index in [4.69, 9.17) is 4.52 Å². The van der Waals surface area contributed by atoms with E-state index in [9.17, 15) is 9.59 Å². The number of carbonyl (C=O) groups excluding carboxylic acids is 2. The summed E-state index contributed by atoms with van der Waals surface area (Å²) >= 11 is 0. The van der Waals surface area contributed by atoms with Crippen LogP contribution in [-0.2, 0) is 0 Å². The van der Waals surface area contributed by atoms with E-state index in [-0.39, 0.29) is 17.0 Å². The lowest BCUT2D eigenvalue weighted by Gasteiger charge is -2.08. The van der Waals surface area contributed by atoms with Gasteiger partial charge in [-0.3, -0.25) is 14.6 Å². The maximum atomic E-state index is 12.4. The van der Waals surface area contributed by atoms with Gasteiger partial charge in [0.05, 0.1) is 11.1 Å². The van der Waals surface area contributed by atoms with Crippen LogP contribution in [0, 0.1) is 13.8 Å². The lowest BCUT2D eigenvalue weighted by molar-refractivity contribution is 0.102. The maximum absolute atomic E-state index is 12.4. The summed E-state index contributed by atoms with van der Waals surface area (Å²) < 4.78 is 4.90. The number of para-hydroxylation sites is 1. The van der Waals surface area contributed by atoms with E-state index in [0.717, 1.165) is 5.56 Å². The molecule has 0 aliphatic rings. The predicted octanol–water partition coefficient (Wildman–Crippen LogP) is 3.19. The molecule has 0 aliphatic heterocycles. The van der Waals surface area contributed by atoms with Crippen LogP contribution in [0.1, 0.15) is 32.0 Å². The van der Waals surface area contributed by atoms with Crippen molar-refractivity contribution in [2.75, 3.05) is 10.6 Å². The quantitative estimate of drug-likeness (QED) is 0.762. The molecule has 0 saturated heterocycles. The molecule has 25 heavy (non-hydrogen) atoms. The van der Waals surface area contributed by atoms with Crippen LogP contribution in [0.25, 0.3) is 0 Å². The van der Waals surface area contributed by atoms with Crippen LogP contribution >= 0.6 is 0 Å². The highest BCUT2D eigenvalue weighted by Gasteiger charge is 2.13. The van der Waals surface area contributed by atoms with Gasteiger partial charge in [-0.25, -0.2) is 0 Å². The van der Waals surface area contributed by atoms with Gasteiger partial charge in [-0.15, -0.1) is 0 Å². The normalized spacial score (nSPS) is 10.3. The van der Waals surface area contributed by atoms with Crippen molar-refractivity contribution in [1.82, 2.24) is 10.1 Å². The molecule has 2 heterocycles. The first-order valence-corrected chi connectivity index (χ1v) is 7.59. The molecule has 2 amide bonds. The third-order valence-electron chi connectivity index (χ3n) is 3.53. The van der Waals surface area contributed by atoms with Gasteiger partial charge in [0.2, 0.25) is 0 Å². The monoisotopic (exact) mass is 336 g/mol. The van der Waals surface area contributed by atoms with E-state index in [1.807, 2.05) is 31.2 Å². The second-order valence-electron chi connectivity index (χ2n) is 5.51. The van der Waals surface area contributed by atoms with Gasteiger partial charge in [0.25, 0.3) is 11.8 Å². The number of aromatic nitrogens is 2. The highest BCUT2D eigenvalue weighted by atomic mass is 16.5. The molecule has 1 aromatic carbocycles. The minimum absolute atomic E-state index is 0.248. The number of anilines is 2. The summed E-state index contributed by atoms with van der Waals surface area (Å²) in [6, 6.07) is 10.5. The molecule has 126 valence electrons. The number of hydrogen-bond donors (Lipinski definition) is 2. The zero-order chi connectivity index (χ0) is 17.8. The molecular formula is C18H16N4O3. The standard InChI is InChI=1S/C18H16N4O3/c1-11-5-3-4-6-15(11)20-17(23)13-8-14(10-19-9-13)18(24)21-16-7-12(2)25-22-16/h3-10H,1-2H3,(H,20,23)(H,21,22,24). The lowest BCUT2D eigenvalue weighted by atomic mass is 10.1. The average molecular weight is 336 g/mol. The fraction of sp³-hybridized carbons (Fsp3) is 0.111. The van der Waals surface area contributed by atoms with Crippen molar-refractivity contribution in [3.8, 4) is 0 Å². The molecule has 3 rings (SSSR count). The Labute approximate surface area is 144 Å². The summed E-state index contributed by atoms with van der Waals surface area (Å²) in [4.78, 5) is 28.6. The Balaban J connectivity index is 1.75. The van der Waals surface area contributed by atoms with Gasteiger partial charge in [-0.05, 0) is 31.5 Å². The van der Waals surface area contributed by atoms with Gasteiger partial charge in [0, 0.05) is 24.1 Å². The molecule has 0 spiro atoms. The minimum atomic E-state index is -0.425. The van der Waals surface area contributed by atoms with Gasteiger partial charge in [0.15, 0.2) is 5.82 Å². The predicted molar refractivity (Wildman–Crippen MR) is 92.6 cm³/mol. The van der Waals surface area contributed by atoms with Crippen LogP contribution in [0.5, 0.6) is 0 Å². The van der Waals surface area contributed by atoms with Crippen molar-refractivity contribution in [2.24, 2.45) is 0 Å². The summed E-state index contributed by atoms with van der Waals surface area (Å²) in [7, 11) is 0. The zero-order valence-corrected chi connectivity index (χ0v) is 13.7. The van der Waals surface area contributed by atoms with Crippen molar-refractivity contribution in [3.63, 3.8) is 0 Å². The molecule has 2 N–H and O–H groups in total. The van der Waals surface area contributed by atoms with Gasteiger partial charge in [-0.1, -0.05) is 23.4 Å². The first kappa shape index (κ1) is 16.4. The van der Waals surface area contributed by atoms with Crippen LogP contribution in [0.15, 0.2) is 53.3 Å². The second-order valence-corrected chi connectivity index (χ2v) is 5.51. The van der Waals surface area contributed by atoms with Gasteiger partial charge < -0.3 is 15.2 Å². The largest absolute Gasteiger partial charge is 0.360 e. The number of nitrogens with one attached hydrogen (secondary N) is 2. The molecule has 0 fully saturated rings. The van der Waals surface area contributed by atoms with Crippen molar-refractivity contribution in [2.45, 2.75) is 13.8 Å². The number of nitrogens with zero attached hydrogens (tertiary/aromatic N) is 2. The topological polar surface area (TPSA) is 97.1 Å². The molecule has 3 aromatic rings. The van der Waals surface area contributed by atoms with E-state index >= 15 is 0 Å². The summed E-state index contributed by atoms with van der Waals surface area (Å²) in [6.07, 6.45) is 2.79. The van der Waals surface area contributed by atoms with Crippen LogP contribution in [-0.4, -0.2) is 22.0 Å². The molecule has 0 atom stereocenters. The Bertz CT molecular complexity index is 933. The number of benzene rings is 1. The number of amides is 2. The number of carbonyl (C=O) groups is 2. The van der Waals surface area contributed by atoms with Gasteiger partial charge in [0.1, 0.15) is 5.76 Å². The van der Waals surface area contributed by atoms with Gasteiger partial charge in [-0.2, -0.15) is 0 Å². The molecule has 2 aromatic heterocycles. The van der Waals surface area contributed by atoms with Crippen molar-refractivity contribution in [3.05, 3.63) is 71.2 Å². The van der Waals surface area contributed by atoms with E-state index in [2.05, 4.69) is 20.8 Å². The average Bonchev–Trinajstić information content (AvgIpc) is 3.02. The molecule has 7 heteroatoms. The Morgan fingerprint density at radius 2 is 1.64 bits per heavy atom. The number of aryl methyl sites for hydroxylation is 2. The lowest BCUT2D eigenvalue weighted by Crippen LogP contribution is -2.16. The van der Waals surface area contributed by atoms with Crippen LogP contribution in [0.3, 0.4) is 0 Å². The molecule has 0 aliphatic carbocycles. The summed E-state index contributed by atoms with van der Waals surface area (Å²) in [5.41, 5.74) is 2.19. The van der Waals surface area contributed by atoms with E-state index in [1.165, 1.54) is 18.5 Å². The van der Waals surface area contributed by atoms with Crippen molar-refractivity contribution < 1.29 is 14.1 Å². The van der Waals surface area contributed by atoms with E-state index in [0.29, 0.717) is 17.3 Å². The minimum Gasteiger partial charge on any atom is -0.360 e. The highest BCUT2D eigenvalue weighted by molar-refractivity contribution is 6.08. The first-order valence-electron chi connectivity index (χ1n) is 7.59. The number of rotatable bonds is 4. The molecule has 7 nitrogen and oxygen atoms in total. The molecule has 0 radical (unpaired) electrons. The first-order chi connectivity index (χ1) is 12.0. The fourth-order valence-corrected chi connectivity index (χ4v) is 2.21. The fourth-order valence-electron chi connectivity index (χ4n) is 2.21. The SMILES string of the molecule is Cc1cc(NC(=O)c2cncc(C(=O)Nc3ccccc3C)c2)no1. The maximum Gasteiger partial charge on any atom is 0.258 e. The van der Waals surface area contributed by atoms with Crippen LogP contribution in [0.2, 0.25) is 0 Å². The smallest absolute Gasteiger partial charge is 0.258 e. The summed E-state index contributed by atoms with van der Waals surface area (Å²) in [6.45, 7) is 3.62.